The van der Waals surface area contributed by atoms with Crippen LogP contribution in [0, 0.1) is 11.3 Å². The molecule has 0 spiro atoms. The third-order valence-corrected chi connectivity index (χ3v) is 11.0. The number of hydrogen-bond donors (Lipinski definition) is 3. The SMILES string of the molecule is C=C[C@H]1C[C@@]1(NC(=O)[C@H]1C[C@@H](Oc2nccc3ccccc23)CN1C(=O)[C@@H](NC(=O)C(=O)CCOC)C(C)(C)C)C(=O)NS(=O)(=O)C1CC1. The van der Waals surface area contributed by atoms with E-state index in [1.54, 1.807) is 27.0 Å². The Kier molecular flexibility index (Phi) is 10.2. The number of rotatable bonds is 14. The molecule has 1 aromatic carbocycles. The molecule has 49 heavy (non-hydrogen) atoms. The van der Waals surface area contributed by atoms with Crippen molar-refractivity contribution in [3.8, 4) is 5.88 Å². The van der Waals surface area contributed by atoms with E-state index < -0.39 is 79.7 Å². The van der Waals surface area contributed by atoms with Crippen LogP contribution in [0.2, 0.25) is 0 Å². The van der Waals surface area contributed by atoms with Gasteiger partial charge >= 0.3 is 0 Å². The Morgan fingerprint density at radius 1 is 1.14 bits per heavy atom. The van der Waals surface area contributed by atoms with Gasteiger partial charge in [0.25, 0.3) is 11.8 Å². The van der Waals surface area contributed by atoms with Crippen molar-refractivity contribution in [2.45, 2.75) is 81.9 Å². The Morgan fingerprint density at radius 2 is 1.86 bits per heavy atom. The second-order valence-electron chi connectivity index (χ2n) is 13.9. The number of fused-ring (bicyclic) bond motifs is 1. The van der Waals surface area contributed by atoms with Gasteiger partial charge in [-0.1, -0.05) is 45.0 Å². The topological polar surface area (TPSA) is 190 Å². The van der Waals surface area contributed by atoms with E-state index in [9.17, 15) is 32.4 Å². The van der Waals surface area contributed by atoms with Gasteiger partial charge in [0.1, 0.15) is 23.7 Å². The van der Waals surface area contributed by atoms with Crippen LogP contribution >= 0.6 is 0 Å². The molecule has 4 amide bonds. The average Bonchev–Trinajstić information content (AvgIpc) is 3.98. The molecule has 3 aliphatic rings. The minimum Gasteiger partial charge on any atom is -0.472 e. The molecule has 5 atom stereocenters. The number of benzene rings is 1. The fraction of sp³-hybridized carbons (Fsp3) is 0.529. The molecule has 0 radical (unpaired) electrons. The molecule has 2 heterocycles. The van der Waals surface area contributed by atoms with Crippen molar-refractivity contribution in [1.82, 2.24) is 25.2 Å². The first-order valence-corrected chi connectivity index (χ1v) is 17.8. The van der Waals surface area contributed by atoms with Crippen LogP contribution in [0.15, 0.2) is 49.2 Å². The molecule has 3 fully saturated rings. The van der Waals surface area contributed by atoms with Crippen molar-refractivity contribution in [1.29, 1.82) is 0 Å². The van der Waals surface area contributed by atoms with E-state index in [4.69, 9.17) is 9.47 Å². The van der Waals surface area contributed by atoms with E-state index >= 15 is 0 Å². The highest BCUT2D eigenvalue weighted by atomic mass is 32.2. The van der Waals surface area contributed by atoms with Crippen LogP contribution in [-0.4, -0.2) is 97.0 Å². The highest BCUT2D eigenvalue weighted by Crippen LogP contribution is 2.45. The molecule has 2 aromatic rings. The van der Waals surface area contributed by atoms with Crippen LogP contribution in [0.1, 0.15) is 52.9 Å². The Bertz CT molecular complexity index is 1770. The Hall–Kier alpha value is -4.37. The van der Waals surface area contributed by atoms with Gasteiger partial charge in [0, 0.05) is 37.5 Å². The number of likely N-dealkylation sites (tertiary alicyclic amines) is 1. The summed E-state index contributed by atoms with van der Waals surface area (Å²) in [6, 6.07) is 6.86. The highest BCUT2D eigenvalue weighted by molar-refractivity contribution is 7.91. The van der Waals surface area contributed by atoms with Gasteiger partial charge in [-0.3, -0.25) is 28.7 Å². The maximum atomic E-state index is 14.3. The minimum absolute atomic E-state index is 0.00309. The van der Waals surface area contributed by atoms with E-state index in [1.807, 2.05) is 30.3 Å². The maximum Gasteiger partial charge on any atom is 0.288 e. The fourth-order valence-corrected chi connectivity index (χ4v) is 7.44. The molecule has 3 N–H and O–H groups in total. The molecule has 1 aliphatic heterocycles. The summed E-state index contributed by atoms with van der Waals surface area (Å²) in [4.78, 5) is 72.9. The number of aromatic nitrogens is 1. The van der Waals surface area contributed by atoms with Crippen LogP contribution in [0.25, 0.3) is 10.8 Å². The van der Waals surface area contributed by atoms with Crippen LogP contribution in [0.5, 0.6) is 5.88 Å². The summed E-state index contributed by atoms with van der Waals surface area (Å²) in [5.41, 5.74) is -2.47. The quantitative estimate of drug-likeness (QED) is 0.192. The molecule has 1 saturated heterocycles. The van der Waals surface area contributed by atoms with Gasteiger partial charge < -0.3 is 25.0 Å². The lowest BCUT2D eigenvalue weighted by Crippen LogP contribution is -2.60. The van der Waals surface area contributed by atoms with Crippen molar-refractivity contribution >= 4 is 50.2 Å². The molecule has 0 bridgehead atoms. The number of amides is 4. The van der Waals surface area contributed by atoms with Gasteiger partial charge in [-0.15, -0.1) is 6.58 Å². The number of ketones is 1. The largest absolute Gasteiger partial charge is 0.472 e. The van der Waals surface area contributed by atoms with Gasteiger partial charge in [0.15, 0.2) is 0 Å². The molecular weight excluding hydrogens is 654 g/mol. The van der Waals surface area contributed by atoms with Crippen molar-refractivity contribution in [2.75, 3.05) is 20.3 Å². The predicted octanol–water partition coefficient (Wildman–Crippen LogP) is 1.39. The van der Waals surface area contributed by atoms with Crippen LogP contribution in [0.4, 0.5) is 0 Å². The first-order valence-electron chi connectivity index (χ1n) is 16.3. The normalized spacial score (nSPS) is 24.1. The summed E-state index contributed by atoms with van der Waals surface area (Å²) in [5, 5.41) is 6.26. The number of sulfonamides is 1. The third kappa shape index (κ3) is 7.77. The molecule has 2 aliphatic carbocycles. The predicted molar refractivity (Wildman–Crippen MR) is 178 cm³/mol. The lowest BCUT2D eigenvalue weighted by Gasteiger charge is -2.35. The monoisotopic (exact) mass is 697 g/mol. The lowest BCUT2D eigenvalue weighted by molar-refractivity contribution is -0.146. The molecule has 1 aromatic heterocycles. The number of methoxy groups -OCH3 is 1. The smallest absolute Gasteiger partial charge is 0.288 e. The zero-order chi connectivity index (χ0) is 35.7. The zero-order valence-corrected chi connectivity index (χ0v) is 28.9. The van der Waals surface area contributed by atoms with Gasteiger partial charge in [0.2, 0.25) is 33.5 Å². The Morgan fingerprint density at radius 3 is 2.49 bits per heavy atom. The first-order chi connectivity index (χ1) is 23.1. The van der Waals surface area contributed by atoms with Gasteiger partial charge in [-0.2, -0.15) is 0 Å². The lowest BCUT2D eigenvalue weighted by atomic mass is 9.85. The minimum atomic E-state index is -3.91. The summed E-state index contributed by atoms with van der Waals surface area (Å²) in [7, 11) is -2.51. The summed E-state index contributed by atoms with van der Waals surface area (Å²) in [5.74, 6) is -4.17. The number of hydrogen-bond acceptors (Lipinski definition) is 10. The maximum absolute atomic E-state index is 14.3. The van der Waals surface area contributed by atoms with E-state index in [2.05, 4.69) is 26.9 Å². The number of nitrogens with zero attached hydrogens (tertiary/aromatic N) is 2. The van der Waals surface area contributed by atoms with Crippen molar-refractivity contribution in [3.05, 3.63) is 49.2 Å². The standard InChI is InChI=1S/C34H43N5O9S/c1-6-21-18-34(21,32(44)38-49(45,46)23-11-12-23)37-28(41)25-17-22(48-30-24-10-8-7-9-20(24)13-15-35-30)19-39(25)31(43)27(33(2,3)4)36-29(42)26(40)14-16-47-5/h6-10,13,15,21-23,25,27H,1,11-12,14,16-19H2,2-5H3,(H,36,42)(H,37,41)(H,38,44)/t21-,22+,25+,27+,34-/m0/s1. The molecule has 14 nitrogen and oxygen atoms in total. The fourth-order valence-electron chi connectivity index (χ4n) is 6.07. The van der Waals surface area contributed by atoms with Gasteiger partial charge in [-0.25, -0.2) is 13.4 Å². The summed E-state index contributed by atoms with van der Waals surface area (Å²) in [6.45, 7) is 8.83. The van der Waals surface area contributed by atoms with Crippen molar-refractivity contribution in [2.24, 2.45) is 11.3 Å². The number of carbonyl (C=O) groups is 5. The second-order valence-corrected chi connectivity index (χ2v) is 15.9. The van der Waals surface area contributed by atoms with Crippen molar-refractivity contribution in [3.63, 3.8) is 0 Å². The van der Waals surface area contributed by atoms with Crippen molar-refractivity contribution < 1.29 is 41.9 Å². The summed E-state index contributed by atoms with van der Waals surface area (Å²) < 4.78 is 38.6. The number of pyridine rings is 1. The molecule has 264 valence electrons. The molecule has 5 rings (SSSR count). The van der Waals surface area contributed by atoms with E-state index in [0.717, 1.165) is 10.8 Å². The third-order valence-electron chi connectivity index (χ3n) is 9.19. The average molecular weight is 698 g/mol. The number of Topliss-reactive ketones (excluding diaryl/α,β-unsaturated/α-hetero) is 1. The molecule has 15 heteroatoms. The van der Waals surface area contributed by atoms with Crippen LogP contribution < -0.4 is 20.1 Å². The second kappa shape index (κ2) is 13.9. The number of ether oxygens (including phenoxy) is 2. The molecular formula is C34H43N5O9S. The van der Waals surface area contributed by atoms with Crippen LogP contribution in [-0.2, 0) is 38.7 Å². The summed E-state index contributed by atoms with van der Waals surface area (Å²) in [6.07, 6.45) is 3.17. The Labute approximate surface area is 285 Å². The van der Waals surface area contributed by atoms with Crippen LogP contribution in [0.3, 0.4) is 0 Å². The van der Waals surface area contributed by atoms with E-state index in [0.29, 0.717) is 18.7 Å². The molecule has 0 unspecified atom stereocenters. The number of nitrogens with one attached hydrogen (secondary N) is 3. The molecule has 2 saturated carbocycles. The zero-order valence-electron chi connectivity index (χ0n) is 28.1. The van der Waals surface area contributed by atoms with Gasteiger partial charge in [-0.05, 0) is 42.2 Å². The van der Waals surface area contributed by atoms with E-state index in [1.165, 1.54) is 18.1 Å². The first kappa shape index (κ1) is 35.9. The number of carbonyl (C=O) groups excluding carboxylic acids is 5. The van der Waals surface area contributed by atoms with E-state index in [-0.39, 0.29) is 32.4 Å². The van der Waals surface area contributed by atoms with Gasteiger partial charge in [0.05, 0.1) is 18.4 Å². The highest BCUT2D eigenvalue weighted by Gasteiger charge is 2.62. The Balaban J connectivity index is 1.43. The summed E-state index contributed by atoms with van der Waals surface area (Å²) >= 11 is 0.